The van der Waals surface area contributed by atoms with Crippen molar-refractivity contribution in [1.29, 1.82) is 0 Å². The van der Waals surface area contributed by atoms with Crippen molar-refractivity contribution in [3.63, 3.8) is 0 Å². The summed E-state index contributed by atoms with van der Waals surface area (Å²) < 4.78 is 2.24. The van der Waals surface area contributed by atoms with E-state index in [4.69, 9.17) is 0 Å². The van der Waals surface area contributed by atoms with Gasteiger partial charge in [-0.1, -0.05) is 0 Å². The highest BCUT2D eigenvalue weighted by molar-refractivity contribution is 5.73. The molecular formula is C12H18N4O. The summed E-state index contributed by atoms with van der Waals surface area (Å²) in [6.45, 7) is 3.36. The number of carbonyl (C=O) groups excluding carboxylic acids is 1. The Morgan fingerprint density at radius 3 is 2.59 bits per heavy atom. The summed E-state index contributed by atoms with van der Waals surface area (Å²) in [4.78, 5) is 13.2. The van der Waals surface area contributed by atoms with Gasteiger partial charge >= 0.3 is 0 Å². The Bertz CT molecular complexity index is 416. The van der Waals surface area contributed by atoms with E-state index in [1.807, 2.05) is 11.2 Å². The van der Waals surface area contributed by atoms with Crippen molar-refractivity contribution in [3.8, 4) is 0 Å². The predicted octanol–water partition coefficient (Wildman–Crippen LogP) is 1.34. The van der Waals surface area contributed by atoms with Gasteiger partial charge in [0.25, 0.3) is 0 Å². The fourth-order valence-corrected chi connectivity index (χ4v) is 2.63. The summed E-state index contributed by atoms with van der Waals surface area (Å²) in [6, 6.07) is 0.644. The fraction of sp³-hybridized carbons (Fsp3) is 0.750. The first kappa shape index (κ1) is 10.7. The van der Waals surface area contributed by atoms with E-state index in [-0.39, 0.29) is 5.91 Å². The van der Waals surface area contributed by atoms with Crippen LogP contribution in [0.3, 0.4) is 0 Å². The Labute approximate surface area is 101 Å². The number of hydrogen-bond donors (Lipinski definition) is 0. The highest BCUT2D eigenvalue weighted by atomic mass is 16.2. The molecule has 1 aromatic rings. The highest BCUT2D eigenvalue weighted by Gasteiger charge is 2.31. The van der Waals surface area contributed by atoms with Crippen LogP contribution in [0.25, 0.3) is 0 Å². The maximum atomic E-state index is 11.3. The molecule has 17 heavy (non-hydrogen) atoms. The molecule has 0 aromatic carbocycles. The molecule has 2 aliphatic rings. The van der Waals surface area contributed by atoms with E-state index in [1.165, 1.54) is 12.8 Å². The summed E-state index contributed by atoms with van der Waals surface area (Å²) in [6.07, 6.45) is 6.43. The van der Waals surface area contributed by atoms with Crippen LogP contribution >= 0.6 is 0 Å². The third kappa shape index (κ3) is 2.06. The predicted molar refractivity (Wildman–Crippen MR) is 62.5 cm³/mol. The molecule has 0 atom stereocenters. The topological polar surface area (TPSA) is 51.0 Å². The SMILES string of the molecule is CC(=O)N1CCC(c2nncn2C2CC2)CC1. The van der Waals surface area contributed by atoms with Gasteiger partial charge in [-0.3, -0.25) is 4.79 Å². The Balaban J connectivity index is 1.69. The van der Waals surface area contributed by atoms with Crippen LogP contribution in [0.4, 0.5) is 0 Å². The lowest BCUT2D eigenvalue weighted by atomic mass is 9.96. The van der Waals surface area contributed by atoms with Crippen LogP contribution < -0.4 is 0 Å². The summed E-state index contributed by atoms with van der Waals surface area (Å²) in [5, 5.41) is 8.33. The minimum Gasteiger partial charge on any atom is -0.343 e. The second-order valence-corrected chi connectivity index (χ2v) is 5.11. The average molecular weight is 234 g/mol. The number of nitrogens with zero attached hydrogens (tertiary/aromatic N) is 4. The van der Waals surface area contributed by atoms with Gasteiger partial charge in [-0.05, 0) is 25.7 Å². The maximum Gasteiger partial charge on any atom is 0.219 e. The lowest BCUT2D eigenvalue weighted by Gasteiger charge is -2.30. The van der Waals surface area contributed by atoms with Crippen LogP contribution in [0.5, 0.6) is 0 Å². The first-order chi connectivity index (χ1) is 8.25. The molecule has 2 heterocycles. The molecule has 1 amide bonds. The van der Waals surface area contributed by atoms with E-state index < -0.39 is 0 Å². The first-order valence-electron chi connectivity index (χ1n) is 6.40. The molecule has 0 bridgehead atoms. The van der Waals surface area contributed by atoms with Gasteiger partial charge in [0.2, 0.25) is 5.91 Å². The van der Waals surface area contributed by atoms with Crippen LogP contribution in [-0.4, -0.2) is 38.7 Å². The molecule has 0 unspecified atom stereocenters. The molecule has 0 spiro atoms. The largest absolute Gasteiger partial charge is 0.343 e. The van der Waals surface area contributed by atoms with Crippen LogP contribution in [0.2, 0.25) is 0 Å². The maximum absolute atomic E-state index is 11.3. The van der Waals surface area contributed by atoms with Crippen molar-refractivity contribution in [2.75, 3.05) is 13.1 Å². The quantitative estimate of drug-likeness (QED) is 0.776. The van der Waals surface area contributed by atoms with Gasteiger partial charge < -0.3 is 9.47 Å². The minimum absolute atomic E-state index is 0.187. The molecule has 0 radical (unpaired) electrons. The summed E-state index contributed by atoms with van der Waals surface area (Å²) in [7, 11) is 0. The van der Waals surface area contributed by atoms with Gasteiger partial charge in [-0.2, -0.15) is 0 Å². The smallest absolute Gasteiger partial charge is 0.219 e. The molecule has 0 N–H and O–H groups in total. The van der Waals surface area contributed by atoms with Gasteiger partial charge in [0.05, 0.1) is 0 Å². The molecular weight excluding hydrogens is 216 g/mol. The zero-order chi connectivity index (χ0) is 11.8. The standard InChI is InChI=1S/C12H18N4O/c1-9(17)15-6-4-10(5-7-15)12-14-13-8-16(12)11-2-3-11/h8,10-11H,2-7H2,1H3. The van der Waals surface area contributed by atoms with Crippen LogP contribution in [0.1, 0.15) is 50.4 Å². The highest BCUT2D eigenvalue weighted by Crippen LogP contribution is 2.38. The number of carbonyl (C=O) groups is 1. The number of amides is 1. The Morgan fingerprint density at radius 1 is 1.29 bits per heavy atom. The van der Waals surface area contributed by atoms with Crippen LogP contribution in [0, 0.1) is 0 Å². The Hall–Kier alpha value is -1.39. The fourth-order valence-electron chi connectivity index (χ4n) is 2.63. The van der Waals surface area contributed by atoms with Gasteiger partial charge in [-0.25, -0.2) is 0 Å². The van der Waals surface area contributed by atoms with E-state index in [2.05, 4.69) is 14.8 Å². The van der Waals surface area contributed by atoms with Gasteiger partial charge in [-0.15, -0.1) is 10.2 Å². The monoisotopic (exact) mass is 234 g/mol. The molecule has 5 nitrogen and oxygen atoms in total. The molecule has 5 heteroatoms. The zero-order valence-corrected chi connectivity index (χ0v) is 10.2. The first-order valence-corrected chi connectivity index (χ1v) is 6.40. The van der Waals surface area contributed by atoms with E-state index in [0.29, 0.717) is 12.0 Å². The lowest BCUT2D eigenvalue weighted by molar-refractivity contribution is -0.129. The van der Waals surface area contributed by atoms with E-state index >= 15 is 0 Å². The van der Waals surface area contributed by atoms with E-state index in [1.54, 1.807) is 6.92 Å². The number of rotatable bonds is 2. The summed E-state index contributed by atoms with van der Waals surface area (Å²) >= 11 is 0. The second-order valence-electron chi connectivity index (χ2n) is 5.11. The Morgan fingerprint density at radius 2 is 2.00 bits per heavy atom. The number of piperidine rings is 1. The number of aromatic nitrogens is 3. The van der Waals surface area contributed by atoms with Crippen molar-refractivity contribution in [2.24, 2.45) is 0 Å². The molecule has 1 saturated carbocycles. The minimum atomic E-state index is 0.187. The molecule has 3 rings (SSSR count). The average Bonchev–Trinajstić information content (AvgIpc) is 3.07. The molecule has 1 aliphatic heterocycles. The third-order valence-corrected chi connectivity index (χ3v) is 3.85. The molecule has 1 saturated heterocycles. The summed E-state index contributed by atoms with van der Waals surface area (Å²) in [5.74, 6) is 1.80. The lowest BCUT2D eigenvalue weighted by Crippen LogP contribution is -2.36. The number of likely N-dealkylation sites (tertiary alicyclic amines) is 1. The molecule has 2 fully saturated rings. The van der Waals surface area contributed by atoms with Gasteiger partial charge in [0.15, 0.2) is 0 Å². The Kier molecular flexibility index (Phi) is 2.61. The van der Waals surface area contributed by atoms with Crippen molar-refractivity contribution >= 4 is 5.91 Å². The number of hydrogen-bond acceptors (Lipinski definition) is 3. The van der Waals surface area contributed by atoms with Crippen molar-refractivity contribution in [1.82, 2.24) is 19.7 Å². The molecule has 1 aliphatic carbocycles. The van der Waals surface area contributed by atoms with Crippen molar-refractivity contribution in [3.05, 3.63) is 12.2 Å². The van der Waals surface area contributed by atoms with Crippen molar-refractivity contribution in [2.45, 2.75) is 44.6 Å². The van der Waals surface area contributed by atoms with Crippen molar-refractivity contribution < 1.29 is 4.79 Å². The third-order valence-electron chi connectivity index (χ3n) is 3.85. The molecule has 92 valence electrons. The zero-order valence-electron chi connectivity index (χ0n) is 10.2. The second kappa shape index (κ2) is 4.13. The van der Waals surface area contributed by atoms with E-state index in [0.717, 1.165) is 31.8 Å². The van der Waals surface area contributed by atoms with Gasteiger partial charge in [0.1, 0.15) is 12.2 Å². The van der Waals surface area contributed by atoms with Crippen LogP contribution in [0.15, 0.2) is 6.33 Å². The van der Waals surface area contributed by atoms with E-state index in [9.17, 15) is 4.79 Å². The summed E-state index contributed by atoms with van der Waals surface area (Å²) in [5.41, 5.74) is 0. The normalized spacial score (nSPS) is 21.8. The molecule has 1 aromatic heterocycles. The van der Waals surface area contributed by atoms with Crippen LogP contribution in [-0.2, 0) is 4.79 Å². The van der Waals surface area contributed by atoms with Gasteiger partial charge in [0, 0.05) is 32.0 Å².